The molecule has 0 aromatic heterocycles. The van der Waals surface area contributed by atoms with E-state index in [2.05, 4.69) is 40.4 Å². The van der Waals surface area contributed by atoms with Gasteiger partial charge in [-0.15, -0.1) is 6.58 Å². The molecular weight excluding hydrogens is 384 g/mol. The molecule has 0 spiro atoms. The molecule has 0 saturated carbocycles. The summed E-state index contributed by atoms with van der Waals surface area (Å²) in [5, 5.41) is -0.0305. The molecule has 0 amide bonds. The first-order valence-corrected chi connectivity index (χ1v) is 12.8. The zero-order chi connectivity index (χ0) is 21.8. The standard InChI is InChI=1S/C23H32O5Si/c1-8-16-14-18(21(24)26-5)15-19(28-29(6,7)23(2,3)4)20(16)27-22(25)17-12-10-9-11-13-17/h8-14,16,19-20H,1,15H2,2-7H3. The Morgan fingerprint density at radius 2 is 1.76 bits per heavy atom. The molecule has 1 aromatic carbocycles. The highest BCUT2D eigenvalue weighted by atomic mass is 28.4. The summed E-state index contributed by atoms with van der Waals surface area (Å²) in [7, 11) is -0.828. The summed E-state index contributed by atoms with van der Waals surface area (Å²) >= 11 is 0. The summed E-state index contributed by atoms with van der Waals surface area (Å²) in [6.07, 6.45) is 2.77. The molecule has 158 valence electrons. The van der Waals surface area contributed by atoms with Crippen molar-refractivity contribution in [1.82, 2.24) is 0 Å². The first-order chi connectivity index (χ1) is 13.5. The van der Waals surface area contributed by atoms with Crippen LogP contribution < -0.4 is 0 Å². The van der Waals surface area contributed by atoms with Crippen molar-refractivity contribution in [3.8, 4) is 0 Å². The topological polar surface area (TPSA) is 61.8 Å². The van der Waals surface area contributed by atoms with Crippen LogP contribution in [0.5, 0.6) is 0 Å². The summed E-state index contributed by atoms with van der Waals surface area (Å²) < 4.78 is 17.4. The van der Waals surface area contributed by atoms with E-state index in [0.717, 1.165) is 0 Å². The van der Waals surface area contributed by atoms with Crippen molar-refractivity contribution in [3.05, 3.63) is 60.2 Å². The van der Waals surface area contributed by atoms with Gasteiger partial charge < -0.3 is 13.9 Å². The average molecular weight is 417 g/mol. The van der Waals surface area contributed by atoms with E-state index < -0.39 is 32.5 Å². The van der Waals surface area contributed by atoms with Gasteiger partial charge in [-0.1, -0.05) is 51.1 Å². The Morgan fingerprint density at radius 1 is 1.14 bits per heavy atom. The minimum atomic E-state index is -2.19. The fraction of sp³-hybridized carbons (Fsp3) is 0.478. The van der Waals surface area contributed by atoms with Crippen molar-refractivity contribution in [1.29, 1.82) is 0 Å². The van der Waals surface area contributed by atoms with Crippen LogP contribution in [0.25, 0.3) is 0 Å². The second kappa shape index (κ2) is 9.09. The number of ether oxygens (including phenoxy) is 2. The second-order valence-corrected chi connectivity index (χ2v) is 13.6. The third-order valence-electron chi connectivity index (χ3n) is 5.79. The molecule has 2 rings (SSSR count). The van der Waals surface area contributed by atoms with Crippen LogP contribution in [0, 0.1) is 5.92 Å². The van der Waals surface area contributed by atoms with Gasteiger partial charge in [0.15, 0.2) is 8.32 Å². The third-order valence-corrected chi connectivity index (χ3v) is 10.3. The summed E-state index contributed by atoms with van der Waals surface area (Å²) in [5.74, 6) is -1.16. The van der Waals surface area contributed by atoms with Crippen LogP contribution in [-0.4, -0.2) is 39.6 Å². The molecule has 1 aliphatic carbocycles. The number of methoxy groups -OCH3 is 1. The molecule has 0 fully saturated rings. The Bertz CT molecular complexity index is 776. The minimum Gasteiger partial charge on any atom is -0.466 e. The monoisotopic (exact) mass is 416 g/mol. The molecule has 0 radical (unpaired) electrons. The van der Waals surface area contributed by atoms with E-state index >= 15 is 0 Å². The Hall–Kier alpha value is -2.18. The molecule has 3 unspecified atom stereocenters. The lowest BCUT2D eigenvalue weighted by atomic mass is 9.85. The Kier molecular flexibility index (Phi) is 7.24. The smallest absolute Gasteiger partial charge is 0.338 e. The molecular formula is C23H32O5Si. The maximum absolute atomic E-state index is 12.7. The maximum Gasteiger partial charge on any atom is 0.338 e. The van der Waals surface area contributed by atoms with Crippen LogP contribution in [0.2, 0.25) is 18.1 Å². The summed E-state index contributed by atoms with van der Waals surface area (Å²) in [4.78, 5) is 25.0. The molecule has 0 saturated heterocycles. The van der Waals surface area contributed by atoms with Gasteiger partial charge in [0.2, 0.25) is 0 Å². The van der Waals surface area contributed by atoms with Gasteiger partial charge in [0, 0.05) is 17.9 Å². The zero-order valence-corrected chi connectivity index (χ0v) is 19.2. The van der Waals surface area contributed by atoms with E-state index in [9.17, 15) is 9.59 Å². The first kappa shape index (κ1) is 23.1. The number of carbonyl (C=O) groups excluding carboxylic acids is 2. The summed E-state index contributed by atoms with van der Waals surface area (Å²) in [6, 6.07) is 8.86. The molecule has 0 N–H and O–H groups in total. The van der Waals surface area contributed by atoms with Gasteiger partial charge in [-0.3, -0.25) is 0 Å². The van der Waals surface area contributed by atoms with E-state index in [4.69, 9.17) is 13.9 Å². The lowest BCUT2D eigenvalue weighted by Crippen LogP contribution is -2.51. The molecule has 5 nitrogen and oxygen atoms in total. The van der Waals surface area contributed by atoms with Gasteiger partial charge in [-0.2, -0.15) is 0 Å². The summed E-state index contributed by atoms with van der Waals surface area (Å²) in [5.41, 5.74) is 0.997. The van der Waals surface area contributed by atoms with E-state index in [1.54, 1.807) is 36.4 Å². The number of rotatable bonds is 6. The fourth-order valence-corrected chi connectivity index (χ4v) is 4.37. The Balaban J connectivity index is 2.38. The number of esters is 2. The third kappa shape index (κ3) is 5.45. The van der Waals surface area contributed by atoms with E-state index in [0.29, 0.717) is 17.6 Å². The van der Waals surface area contributed by atoms with Crippen LogP contribution in [-0.2, 0) is 18.7 Å². The Labute approximate surface area is 174 Å². The van der Waals surface area contributed by atoms with E-state index in [1.165, 1.54) is 7.11 Å². The zero-order valence-electron chi connectivity index (χ0n) is 18.2. The van der Waals surface area contributed by atoms with E-state index in [1.807, 2.05) is 6.07 Å². The van der Waals surface area contributed by atoms with Crippen molar-refractivity contribution >= 4 is 20.3 Å². The molecule has 1 aliphatic rings. The van der Waals surface area contributed by atoms with Gasteiger partial charge in [-0.05, 0) is 30.3 Å². The van der Waals surface area contributed by atoms with Crippen LogP contribution >= 0.6 is 0 Å². The number of hydrogen-bond acceptors (Lipinski definition) is 5. The highest BCUT2D eigenvalue weighted by molar-refractivity contribution is 6.74. The molecule has 29 heavy (non-hydrogen) atoms. The molecule has 1 aromatic rings. The van der Waals surface area contributed by atoms with Crippen molar-refractivity contribution < 1.29 is 23.5 Å². The summed E-state index contributed by atoms with van der Waals surface area (Å²) in [6.45, 7) is 14.6. The molecule has 0 bridgehead atoms. The highest BCUT2D eigenvalue weighted by Gasteiger charge is 2.45. The van der Waals surface area contributed by atoms with Crippen LogP contribution in [0.4, 0.5) is 0 Å². The quantitative estimate of drug-likeness (QED) is 0.375. The predicted molar refractivity (Wildman–Crippen MR) is 116 cm³/mol. The van der Waals surface area contributed by atoms with E-state index in [-0.39, 0.29) is 11.0 Å². The average Bonchev–Trinajstić information content (AvgIpc) is 2.67. The lowest BCUT2D eigenvalue weighted by Gasteiger charge is -2.43. The normalized spacial score (nSPS) is 22.4. The van der Waals surface area contributed by atoms with Crippen molar-refractivity contribution in [2.75, 3.05) is 7.11 Å². The van der Waals surface area contributed by atoms with Crippen molar-refractivity contribution in [2.24, 2.45) is 5.92 Å². The van der Waals surface area contributed by atoms with Gasteiger partial charge in [0.1, 0.15) is 6.10 Å². The number of carbonyl (C=O) groups is 2. The Morgan fingerprint density at radius 3 is 2.28 bits per heavy atom. The highest BCUT2D eigenvalue weighted by Crippen LogP contribution is 2.40. The molecule has 0 heterocycles. The van der Waals surface area contributed by atoms with Crippen LogP contribution in [0.1, 0.15) is 37.6 Å². The number of benzene rings is 1. The SMILES string of the molecule is C=CC1C=C(C(=O)OC)CC(O[Si](C)(C)C(C)(C)C)C1OC(=O)c1ccccc1. The maximum atomic E-state index is 12.7. The van der Waals surface area contributed by atoms with Crippen molar-refractivity contribution in [2.45, 2.75) is 57.5 Å². The molecule has 3 atom stereocenters. The molecule has 6 heteroatoms. The number of hydrogen-bond donors (Lipinski definition) is 0. The van der Waals surface area contributed by atoms with Gasteiger partial charge in [-0.25, -0.2) is 9.59 Å². The van der Waals surface area contributed by atoms with Crippen LogP contribution in [0.3, 0.4) is 0 Å². The predicted octanol–water partition coefficient (Wildman–Crippen LogP) is 4.91. The fourth-order valence-electron chi connectivity index (χ4n) is 3.04. The second-order valence-electron chi connectivity index (χ2n) is 8.85. The van der Waals surface area contributed by atoms with Gasteiger partial charge in [0.05, 0.1) is 18.8 Å². The largest absolute Gasteiger partial charge is 0.466 e. The first-order valence-electron chi connectivity index (χ1n) is 9.85. The molecule has 0 aliphatic heterocycles. The van der Waals surface area contributed by atoms with Crippen LogP contribution in [0.15, 0.2) is 54.6 Å². The lowest BCUT2D eigenvalue weighted by molar-refractivity contribution is -0.137. The minimum absolute atomic E-state index is 0.0305. The van der Waals surface area contributed by atoms with Gasteiger partial charge in [0.25, 0.3) is 0 Å². The van der Waals surface area contributed by atoms with Gasteiger partial charge >= 0.3 is 11.9 Å². The van der Waals surface area contributed by atoms with Crippen molar-refractivity contribution in [3.63, 3.8) is 0 Å².